The van der Waals surface area contributed by atoms with Gasteiger partial charge in [-0.1, -0.05) is 13.8 Å². The van der Waals surface area contributed by atoms with Gasteiger partial charge in [-0.3, -0.25) is 9.69 Å². The van der Waals surface area contributed by atoms with E-state index >= 15 is 0 Å². The Morgan fingerprint density at radius 3 is 2.57 bits per heavy atom. The minimum Gasteiger partial charge on any atom is -0.395 e. The van der Waals surface area contributed by atoms with Gasteiger partial charge < -0.3 is 10.4 Å². The van der Waals surface area contributed by atoms with Crippen LogP contribution in [0.4, 0.5) is 0 Å². The van der Waals surface area contributed by atoms with Gasteiger partial charge in [-0.25, -0.2) is 0 Å². The first-order valence-electron chi connectivity index (χ1n) is 5.26. The van der Waals surface area contributed by atoms with Crippen molar-refractivity contribution in [2.24, 2.45) is 0 Å². The Morgan fingerprint density at radius 2 is 2.14 bits per heavy atom. The van der Waals surface area contributed by atoms with E-state index in [2.05, 4.69) is 5.32 Å². The Morgan fingerprint density at radius 1 is 1.50 bits per heavy atom. The van der Waals surface area contributed by atoms with Crippen LogP contribution in [0.1, 0.15) is 27.2 Å². The molecule has 1 amide bonds. The summed E-state index contributed by atoms with van der Waals surface area (Å²) < 4.78 is 0. The maximum Gasteiger partial charge on any atom is 0.234 e. The maximum absolute atomic E-state index is 11.4. The molecule has 0 aliphatic rings. The lowest BCUT2D eigenvalue weighted by Gasteiger charge is -2.19. The van der Waals surface area contributed by atoms with E-state index in [1.165, 1.54) is 0 Å². The number of carbonyl (C=O) groups excluding carboxylic acids is 1. The third-order valence-corrected chi connectivity index (χ3v) is 2.25. The Bertz CT molecular complexity index is 162. The van der Waals surface area contributed by atoms with Gasteiger partial charge in [0.15, 0.2) is 0 Å². The van der Waals surface area contributed by atoms with Gasteiger partial charge in [-0.05, 0) is 19.9 Å². The van der Waals surface area contributed by atoms with E-state index in [0.717, 1.165) is 13.0 Å². The van der Waals surface area contributed by atoms with E-state index in [0.29, 0.717) is 13.1 Å². The highest BCUT2D eigenvalue weighted by Gasteiger charge is 2.09. The molecule has 0 heterocycles. The standard InChI is InChI=1S/C10H22N2O2/c1-4-9(3)11-10(14)8-12(5-2)6-7-13/h9,13H,4-8H2,1-3H3,(H,11,14). The first-order valence-corrected chi connectivity index (χ1v) is 5.26. The second-order valence-corrected chi connectivity index (χ2v) is 3.47. The van der Waals surface area contributed by atoms with Crippen LogP contribution in [0.2, 0.25) is 0 Å². The molecule has 0 aromatic rings. The lowest BCUT2D eigenvalue weighted by atomic mass is 10.2. The molecule has 4 nitrogen and oxygen atoms in total. The normalized spacial score (nSPS) is 12.9. The number of aliphatic hydroxyl groups is 1. The first-order chi connectivity index (χ1) is 6.63. The molecule has 1 atom stereocenters. The van der Waals surface area contributed by atoms with Crippen molar-refractivity contribution in [3.8, 4) is 0 Å². The van der Waals surface area contributed by atoms with Gasteiger partial charge in [0.05, 0.1) is 13.2 Å². The number of rotatable bonds is 7. The molecular formula is C10H22N2O2. The summed E-state index contributed by atoms with van der Waals surface area (Å²) in [7, 11) is 0. The monoisotopic (exact) mass is 202 g/mol. The molecule has 0 spiro atoms. The Balaban J connectivity index is 3.78. The molecule has 84 valence electrons. The van der Waals surface area contributed by atoms with Crippen LogP contribution in [-0.4, -0.2) is 48.2 Å². The van der Waals surface area contributed by atoms with Crippen molar-refractivity contribution in [2.75, 3.05) is 26.2 Å². The average Bonchev–Trinajstić information content (AvgIpc) is 2.16. The number of amides is 1. The van der Waals surface area contributed by atoms with Crippen LogP contribution in [0, 0.1) is 0 Å². The van der Waals surface area contributed by atoms with Crippen molar-refractivity contribution < 1.29 is 9.90 Å². The predicted molar refractivity (Wildman–Crippen MR) is 57.1 cm³/mol. The SMILES string of the molecule is CCC(C)NC(=O)CN(CC)CCO. The average molecular weight is 202 g/mol. The predicted octanol–water partition coefficient (Wildman–Crippen LogP) is 0.215. The number of carbonyl (C=O) groups is 1. The maximum atomic E-state index is 11.4. The smallest absolute Gasteiger partial charge is 0.234 e. The molecule has 0 bridgehead atoms. The highest BCUT2D eigenvalue weighted by molar-refractivity contribution is 5.78. The Labute approximate surface area is 86.3 Å². The van der Waals surface area contributed by atoms with Crippen molar-refractivity contribution in [2.45, 2.75) is 33.2 Å². The molecule has 0 saturated carbocycles. The van der Waals surface area contributed by atoms with E-state index in [4.69, 9.17) is 5.11 Å². The van der Waals surface area contributed by atoms with Gasteiger partial charge in [0, 0.05) is 12.6 Å². The summed E-state index contributed by atoms with van der Waals surface area (Å²) >= 11 is 0. The van der Waals surface area contributed by atoms with E-state index in [1.807, 2.05) is 25.7 Å². The molecule has 2 N–H and O–H groups in total. The number of hydrogen-bond acceptors (Lipinski definition) is 3. The van der Waals surface area contributed by atoms with Crippen LogP contribution in [0.25, 0.3) is 0 Å². The Hall–Kier alpha value is -0.610. The fourth-order valence-corrected chi connectivity index (χ4v) is 1.12. The van der Waals surface area contributed by atoms with Crippen molar-refractivity contribution in [1.29, 1.82) is 0 Å². The zero-order chi connectivity index (χ0) is 11.0. The molecular weight excluding hydrogens is 180 g/mol. The summed E-state index contributed by atoms with van der Waals surface area (Å²) in [6, 6.07) is 0.232. The van der Waals surface area contributed by atoms with E-state index in [1.54, 1.807) is 0 Å². The molecule has 0 aliphatic carbocycles. The van der Waals surface area contributed by atoms with Crippen molar-refractivity contribution in [3.63, 3.8) is 0 Å². The molecule has 1 unspecified atom stereocenters. The molecule has 0 fully saturated rings. The number of nitrogens with one attached hydrogen (secondary N) is 1. The van der Waals surface area contributed by atoms with E-state index in [9.17, 15) is 4.79 Å². The molecule has 0 rings (SSSR count). The molecule has 14 heavy (non-hydrogen) atoms. The highest BCUT2D eigenvalue weighted by atomic mass is 16.3. The number of nitrogens with zero attached hydrogens (tertiary/aromatic N) is 1. The second kappa shape index (κ2) is 7.76. The van der Waals surface area contributed by atoms with Gasteiger partial charge in [0.1, 0.15) is 0 Å². The lowest BCUT2D eigenvalue weighted by Crippen LogP contribution is -2.41. The third-order valence-electron chi connectivity index (χ3n) is 2.25. The highest BCUT2D eigenvalue weighted by Crippen LogP contribution is 1.90. The van der Waals surface area contributed by atoms with Gasteiger partial charge in [-0.2, -0.15) is 0 Å². The third kappa shape index (κ3) is 5.94. The van der Waals surface area contributed by atoms with Crippen LogP contribution < -0.4 is 5.32 Å². The summed E-state index contributed by atoms with van der Waals surface area (Å²) in [4.78, 5) is 13.3. The van der Waals surface area contributed by atoms with Crippen molar-refractivity contribution in [3.05, 3.63) is 0 Å². The zero-order valence-corrected chi connectivity index (χ0v) is 9.42. The van der Waals surface area contributed by atoms with E-state index < -0.39 is 0 Å². The van der Waals surface area contributed by atoms with Crippen LogP contribution in [-0.2, 0) is 4.79 Å². The van der Waals surface area contributed by atoms with Crippen LogP contribution in [0.3, 0.4) is 0 Å². The topological polar surface area (TPSA) is 52.6 Å². The summed E-state index contributed by atoms with van der Waals surface area (Å²) in [5.74, 6) is 0.0367. The molecule has 0 saturated heterocycles. The number of likely N-dealkylation sites (N-methyl/N-ethyl adjacent to an activating group) is 1. The molecule has 4 heteroatoms. The van der Waals surface area contributed by atoms with Gasteiger partial charge in [-0.15, -0.1) is 0 Å². The largest absolute Gasteiger partial charge is 0.395 e. The fraction of sp³-hybridized carbons (Fsp3) is 0.900. The number of hydrogen-bond donors (Lipinski definition) is 2. The number of aliphatic hydroxyl groups excluding tert-OH is 1. The zero-order valence-electron chi connectivity index (χ0n) is 9.42. The minimum absolute atomic E-state index is 0.0367. The quantitative estimate of drug-likeness (QED) is 0.621. The van der Waals surface area contributed by atoms with Crippen LogP contribution in [0.15, 0.2) is 0 Å². The molecule has 0 aromatic heterocycles. The summed E-state index contributed by atoms with van der Waals surface area (Å²) in [6.45, 7) is 7.83. The molecule has 0 aliphatic heterocycles. The first kappa shape index (κ1) is 13.4. The summed E-state index contributed by atoms with van der Waals surface area (Å²) in [6.07, 6.45) is 0.942. The van der Waals surface area contributed by atoms with Crippen LogP contribution >= 0.6 is 0 Å². The minimum atomic E-state index is 0.0367. The van der Waals surface area contributed by atoms with Crippen LogP contribution in [0.5, 0.6) is 0 Å². The van der Waals surface area contributed by atoms with Gasteiger partial charge in [0.25, 0.3) is 0 Å². The fourth-order valence-electron chi connectivity index (χ4n) is 1.12. The summed E-state index contributed by atoms with van der Waals surface area (Å²) in [5.41, 5.74) is 0. The van der Waals surface area contributed by atoms with E-state index in [-0.39, 0.29) is 18.6 Å². The van der Waals surface area contributed by atoms with Gasteiger partial charge >= 0.3 is 0 Å². The van der Waals surface area contributed by atoms with Crippen molar-refractivity contribution in [1.82, 2.24) is 10.2 Å². The Kier molecular flexibility index (Phi) is 7.42. The second-order valence-electron chi connectivity index (χ2n) is 3.47. The molecule has 0 aromatic carbocycles. The summed E-state index contributed by atoms with van der Waals surface area (Å²) in [5, 5.41) is 11.6. The van der Waals surface area contributed by atoms with Crippen molar-refractivity contribution >= 4 is 5.91 Å². The molecule has 0 radical (unpaired) electrons. The lowest BCUT2D eigenvalue weighted by molar-refractivity contribution is -0.122. The van der Waals surface area contributed by atoms with Gasteiger partial charge in [0.2, 0.25) is 5.91 Å².